The van der Waals surface area contributed by atoms with Crippen LogP contribution in [0.15, 0.2) is 59.1 Å². The lowest BCUT2D eigenvalue weighted by molar-refractivity contribution is -0.274. The van der Waals surface area contributed by atoms with Crippen LogP contribution in [0.3, 0.4) is 0 Å². The normalized spacial score (nSPS) is 11.5. The van der Waals surface area contributed by atoms with Crippen LogP contribution in [0, 0.1) is 5.82 Å². The molecule has 10 heteroatoms. The minimum atomic E-state index is -4.77. The Morgan fingerprint density at radius 1 is 1.13 bits per heavy atom. The Kier molecular flexibility index (Phi) is 6.36. The Balaban J connectivity index is 1.50. The molecule has 0 aliphatic heterocycles. The summed E-state index contributed by atoms with van der Waals surface area (Å²) in [6, 6.07) is 10.6. The number of likely N-dealkylation sites (N-methyl/N-ethyl adjacent to an activating group) is 1. The molecule has 0 bridgehead atoms. The van der Waals surface area contributed by atoms with Gasteiger partial charge in [-0.25, -0.2) is 9.37 Å². The fourth-order valence-electron chi connectivity index (χ4n) is 2.60. The number of nitrogens with zero attached hydrogens (tertiary/aromatic N) is 2. The Labute approximate surface area is 169 Å². The third-order valence-corrected chi connectivity index (χ3v) is 3.87. The fraction of sp³-hybridized carbons (Fsp3) is 0.200. The number of aromatic nitrogens is 1. The van der Waals surface area contributed by atoms with Gasteiger partial charge in [0.25, 0.3) is 0 Å². The maximum atomic E-state index is 13.0. The summed E-state index contributed by atoms with van der Waals surface area (Å²) in [4.78, 5) is 17.9. The van der Waals surface area contributed by atoms with Gasteiger partial charge in [-0.3, -0.25) is 9.69 Å². The topological polar surface area (TPSA) is 67.6 Å². The van der Waals surface area contributed by atoms with Crippen LogP contribution in [0.25, 0.3) is 11.3 Å². The van der Waals surface area contributed by atoms with Gasteiger partial charge in [-0.15, -0.1) is 13.2 Å². The maximum Gasteiger partial charge on any atom is 0.573 e. The van der Waals surface area contributed by atoms with Gasteiger partial charge in [-0.1, -0.05) is 0 Å². The highest BCUT2D eigenvalue weighted by Gasteiger charge is 2.30. The molecule has 3 aromatic rings. The Hall–Kier alpha value is -3.40. The third kappa shape index (κ3) is 6.31. The molecular formula is C20H17F4N3O3. The molecule has 0 saturated heterocycles. The van der Waals surface area contributed by atoms with E-state index in [9.17, 15) is 22.4 Å². The molecule has 0 atom stereocenters. The number of amides is 1. The zero-order valence-corrected chi connectivity index (χ0v) is 15.7. The standard InChI is InChI=1S/C20H17F4N3O3/c1-27(12-19-25-10-17(29-19)13-2-4-14(21)5-3-13)11-18(28)26-15-6-8-16(9-7-15)30-20(22,23)24/h2-10H,11-12H2,1H3,(H,26,28). The molecule has 1 amide bonds. The average molecular weight is 423 g/mol. The van der Waals surface area contributed by atoms with Gasteiger partial charge >= 0.3 is 6.36 Å². The molecule has 3 rings (SSSR count). The largest absolute Gasteiger partial charge is 0.573 e. The first-order valence-corrected chi connectivity index (χ1v) is 8.73. The number of oxazole rings is 1. The van der Waals surface area contributed by atoms with Crippen LogP contribution in [-0.2, 0) is 11.3 Å². The molecule has 0 fully saturated rings. The van der Waals surface area contributed by atoms with E-state index in [4.69, 9.17) is 4.42 Å². The molecule has 1 N–H and O–H groups in total. The molecular weight excluding hydrogens is 406 g/mol. The summed E-state index contributed by atoms with van der Waals surface area (Å²) in [5, 5.41) is 2.58. The smallest absolute Gasteiger partial charge is 0.439 e. The first kappa shape index (κ1) is 21.3. The van der Waals surface area contributed by atoms with Gasteiger partial charge < -0.3 is 14.5 Å². The number of ether oxygens (including phenoxy) is 1. The average Bonchev–Trinajstić information content (AvgIpc) is 3.11. The minimum absolute atomic E-state index is 0.00490. The zero-order valence-electron chi connectivity index (χ0n) is 15.7. The molecule has 158 valence electrons. The molecule has 0 aliphatic carbocycles. The van der Waals surface area contributed by atoms with Crippen LogP contribution in [0.5, 0.6) is 5.75 Å². The molecule has 6 nitrogen and oxygen atoms in total. The van der Waals surface area contributed by atoms with E-state index in [2.05, 4.69) is 15.0 Å². The summed E-state index contributed by atoms with van der Waals surface area (Å²) in [5.74, 6) is -0.250. The van der Waals surface area contributed by atoms with Crippen molar-refractivity contribution in [2.24, 2.45) is 0 Å². The van der Waals surface area contributed by atoms with Gasteiger partial charge in [0.15, 0.2) is 5.76 Å². The van der Waals surface area contributed by atoms with E-state index in [1.807, 2.05) is 0 Å². The summed E-state index contributed by atoms with van der Waals surface area (Å²) >= 11 is 0. The second-order valence-corrected chi connectivity index (χ2v) is 6.42. The van der Waals surface area contributed by atoms with E-state index in [1.54, 1.807) is 24.1 Å². The van der Waals surface area contributed by atoms with Gasteiger partial charge in [0.2, 0.25) is 11.8 Å². The van der Waals surface area contributed by atoms with E-state index in [0.717, 1.165) is 12.1 Å². The highest BCUT2D eigenvalue weighted by atomic mass is 19.4. The highest BCUT2D eigenvalue weighted by molar-refractivity contribution is 5.92. The molecule has 2 aromatic carbocycles. The predicted octanol–water partition coefficient (Wildman–Crippen LogP) is 4.45. The SMILES string of the molecule is CN(CC(=O)Nc1ccc(OC(F)(F)F)cc1)Cc1ncc(-c2ccc(F)cc2)o1. The first-order valence-electron chi connectivity index (χ1n) is 8.73. The lowest BCUT2D eigenvalue weighted by atomic mass is 10.2. The second kappa shape index (κ2) is 8.95. The Morgan fingerprint density at radius 3 is 2.43 bits per heavy atom. The van der Waals surface area contributed by atoms with Crippen molar-refractivity contribution < 1.29 is 31.5 Å². The van der Waals surface area contributed by atoms with Crippen molar-refractivity contribution in [3.05, 3.63) is 66.4 Å². The van der Waals surface area contributed by atoms with E-state index in [-0.39, 0.29) is 30.6 Å². The third-order valence-electron chi connectivity index (χ3n) is 3.87. The molecule has 0 saturated carbocycles. The molecule has 0 aliphatic rings. The van der Waals surface area contributed by atoms with Crippen LogP contribution in [0.1, 0.15) is 5.89 Å². The number of hydrogen-bond acceptors (Lipinski definition) is 5. The summed E-state index contributed by atoms with van der Waals surface area (Å²) < 4.78 is 58.9. The monoisotopic (exact) mass is 423 g/mol. The molecule has 0 unspecified atom stereocenters. The maximum absolute atomic E-state index is 13.0. The summed E-state index contributed by atoms with van der Waals surface area (Å²) in [7, 11) is 1.68. The van der Waals surface area contributed by atoms with Crippen LogP contribution in [0.4, 0.5) is 23.2 Å². The Bertz CT molecular complexity index is 986. The number of carbonyl (C=O) groups is 1. The van der Waals surface area contributed by atoms with Gasteiger partial charge in [0, 0.05) is 11.3 Å². The summed E-state index contributed by atoms with van der Waals surface area (Å²) in [5.41, 5.74) is 1.01. The lowest BCUT2D eigenvalue weighted by Gasteiger charge is -2.14. The number of rotatable bonds is 7. The van der Waals surface area contributed by atoms with E-state index >= 15 is 0 Å². The lowest BCUT2D eigenvalue weighted by Crippen LogP contribution is -2.29. The van der Waals surface area contributed by atoms with Crippen molar-refractivity contribution >= 4 is 11.6 Å². The molecule has 0 spiro atoms. The van der Waals surface area contributed by atoms with Crippen LogP contribution >= 0.6 is 0 Å². The van der Waals surface area contributed by atoms with Crippen molar-refractivity contribution in [1.29, 1.82) is 0 Å². The van der Waals surface area contributed by atoms with Gasteiger partial charge in [-0.2, -0.15) is 0 Å². The van der Waals surface area contributed by atoms with E-state index in [1.165, 1.54) is 30.5 Å². The number of halogens is 4. The second-order valence-electron chi connectivity index (χ2n) is 6.42. The number of alkyl halides is 3. The quantitative estimate of drug-likeness (QED) is 0.569. The molecule has 1 aromatic heterocycles. The van der Waals surface area contributed by atoms with Gasteiger partial charge in [0.05, 0.1) is 19.3 Å². The van der Waals surface area contributed by atoms with Crippen LogP contribution in [0.2, 0.25) is 0 Å². The summed E-state index contributed by atoms with van der Waals surface area (Å²) in [6.45, 7) is 0.238. The Morgan fingerprint density at radius 2 is 1.80 bits per heavy atom. The predicted molar refractivity (Wildman–Crippen MR) is 100.0 cm³/mol. The number of anilines is 1. The minimum Gasteiger partial charge on any atom is -0.439 e. The van der Waals surface area contributed by atoms with Crippen LogP contribution in [-0.4, -0.2) is 35.7 Å². The molecule has 0 radical (unpaired) electrons. The van der Waals surface area contributed by atoms with Crippen molar-refractivity contribution in [1.82, 2.24) is 9.88 Å². The van der Waals surface area contributed by atoms with Crippen molar-refractivity contribution in [3.63, 3.8) is 0 Å². The summed E-state index contributed by atoms with van der Waals surface area (Å²) in [6.07, 6.45) is -3.26. The van der Waals surface area contributed by atoms with Crippen LogP contribution < -0.4 is 10.1 Å². The molecule has 1 heterocycles. The number of carbonyl (C=O) groups excluding carboxylic acids is 1. The van der Waals surface area contributed by atoms with Crippen molar-refractivity contribution in [3.8, 4) is 17.1 Å². The number of benzene rings is 2. The molecule has 30 heavy (non-hydrogen) atoms. The highest BCUT2D eigenvalue weighted by Crippen LogP contribution is 2.24. The zero-order chi connectivity index (χ0) is 21.7. The number of hydrogen-bond donors (Lipinski definition) is 1. The van der Waals surface area contributed by atoms with Gasteiger partial charge in [0.1, 0.15) is 11.6 Å². The number of nitrogens with one attached hydrogen (secondary N) is 1. The van der Waals surface area contributed by atoms with Gasteiger partial charge in [-0.05, 0) is 55.6 Å². The van der Waals surface area contributed by atoms with Crippen molar-refractivity contribution in [2.75, 3.05) is 18.9 Å². The van der Waals surface area contributed by atoms with E-state index in [0.29, 0.717) is 22.9 Å². The fourth-order valence-corrected chi connectivity index (χ4v) is 2.60. The first-order chi connectivity index (χ1) is 14.2. The van der Waals surface area contributed by atoms with E-state index < -0.39 is 6.36 Å². The van der Waals surface area contributed by atoms with Crippen molar-refractivity contribution in [2.45, 2.75) is 12.9 Å².